The van der Waals surface area contributed by atoms with Crippen molar-refractivity contribution < 1.29 is 4.79 Å². The van der Waals surface area contributed by atoms with Crippen molar-refractivity contribution in [2.45, 2.75) is 48.7 Å². The first-order valence-electron chi connectivity index (χ1n) is 15.7. The average Bonchev–Trinajstić information content (AvgIpc) is 3.69. The van der Waals surface area contributed by atoms with Gasteiger partial charge in [-0.15, -0.1) is 5.10 Å². The lowest BCUT2D eigenvalue weighted by molar-refractivity contribution is -0.121. The number of benzene rings is 4. The zero-order chi connectivity index (χ0) is 31.9. The SMILES string of the molecule is CCC(C(=O)N1c2ccccc2Sc2ccccc21)N1Nc2c(n(Cc3cn(CCc4ccccc4)nn3)c3ccccc23)NC1=S. The Morgan fingerprint density at radius 2 is 1.57 bits per heavy atom. The summed E-state index contributed by atoms with van der Waals surface area (Å²) in [6.45, 7) is 3.27. The summed E-state index contributed by atoms with van der Waals surface area (Å²) in [6, 6.07) is 34.1. The minimum Gasteiger partial charge on any atom is -0.319 e. The van der Waals surface area contributed by atoms with Crippen LogP contribution in [0.4, 0.5) is 22.9 Å². The van der Waals surface area contributed by atoms with Crippen molar-refractivity contribution in [1.82, 2.24) is 24.6 Å². The van der Waals surface area contributed by atoms with Gasteiger partial charge in [0.1, 0.15) is 23.2 Å². The third kappa shape index (κ3) is 5.31. The summed E-state index contributed by atoms with van der Waals surface area (Å²) in [6.07, 6.45) is 3.43. The second-order valence-corrected chi connectivity index (χ2v) is 13.1. The Morgan fingerprint density at radius 3 is 2.32 bits per heavy atom. The van der Waals surface area contributed by atoms with E-state index >= 15 is 0 Å². The van der Waals surface area contributed by atoms with E-state index in [0.29, 0.717) is 18.1 Å². The summed E-state index contributed by atoms with van der Waals surface area (Å²) < 4.78 is 4.06. The summed E-state index contributed by atoms with van der Waals surface area (Å²) in [5, 5.41) is 15.6. The number of aromatic nitrogens is 4. The minimum absolute atomic E-state index is 0.0522. The van der Waals surface area contributed by atoms with Crippen molar-refractivity contribution in [3.8, 4) is 0 Å². The first-order valence-corrected chi connectivity index (χ1v) is 16.9. The number of amides is 1. The van der Waals surface area contributed by atoms with Gasteiger partial charge in [-0.1, -0.05) is 96.7 Å². The summed E-state index contributed by atoms with van der Waals surface area (Å²) in [4.78, 5) is 18.5. The fourth-order valence-electron chi connectivity index (χ4n) is 6.39. The first kappa shape index (κ1) is 29.3. The van der Waals surface area contributed by atoms with Crippen LogP contribution in [0.25, 0.3) is 10.9 Å². The Morgan fingerprint density at radius 1 is 0.894 bits per heavy atom. The third-order valence-corrected chi connectivity index (χ3v) is 10.1. The van der Waals surface area contributed by atoms with E-state index in [1.165, 1.54) is 5.56 Å². The van der Waals surface area contributed by atoms with Gasteiger partial charge in [0.05, 0.1) is 29.6 Å². The Hall–Kier alpha value is -5.13. The maximum Gasteiger partial charge on any atom is 0.256 e. The molecular weight excluding hydrogens is 625 g/mol. The number of hydrogen-bond acceptors (Lipinski definition) is 6. The van der Waals surface area contributed by atoms with Crippen LogP contribution in [0, 0.1) is 0 Å². The van der Waals surface area contributed by atoms with Crippen LogP contribution in [0.5, 0.6) is 0 Å². The molecule has 0 saturated carbocycles. The molecule has 1 atom stereocenters. The van der Waals surface area contributed by atoms with E-state index in [1.807, 2.05) is 82.3 Å². The van der Waals surface area contributed by atoms with Crippen LogP contribution in [-0.4, -0.2) is 41.6 Å². The van der Waals surface area contributed by atoms with Gasteiger partial charge in [-0.3, -0.25) is 19.8 Å². The van der Waals surface area contributed by atoms with Gasteiger partial charge in [-0.05, 0) is 61.0 Å². The molecule has 0 radical (unpaired) electrons. The Kier molecular flexibility index (Phi) is 7.62. The summed E-state index contributed by atoms with van der Waals surface area (Å²) in [7, 11) is 0. The number of thiocarbonyl (C=S) groups is 1. The number of aryl methyl sites for hydroxylation is 2. The highest BCUT2D eigenvalue weighted by Gasteiger charge is 2.38. The molecule has 1 amide bonds. The van der Waals surface area contributed by atoms with Crippen LogP contribution < -0.4 is 15.6 Å². The van der Waals surface area contributed by atoms with E-state index in [2.05, 4.69) is 74.2 Å². The first-order chi connectivity index (χ1) is 23.1. The standard InChI is InChI=1S/C36H32N8OS2/c1-2-27(35(45)43-29-16-8-10-18-31(29)47-32-19-11-9-17-30(32)43)44-36(46)37-34-33(39-44)26-14-6-7-15-28(26)42(34)23-25-22-41(40-38-25)21-20-24-12-4-3-5-13-24/h3-19,22,27,39H,2,20-21,23H2,1H3,(H,37,46). The Bertz CT molecular complexity index is 2080. The number of hydrogen-bond donors (Lipinski definition) is 2. The molecule has 234 valence electrons. The van der Waals surface area contributed by atoms with E-state index in [4.69, 9.17) is 12.2 Å². The van der Waals surface area contributed by atoms with Crippen molar-refractivity contribution >= 4 is 68.8 Å². The second kappa shape index (κ2) is 12.2. The predicted molar refractivity (Wildman–Crippen MR) is 191 cm³/mol. The zero-order valence-electron chi connectivity index (χ0n) is 25.7. The minimum atomic E-state index is -0.570. The van der Waals surface area contributed by atoms with Gasteiger partial charge in [0.15, 0.2) is 5.11 Å². The molecule has 4 heterocycles. The largest absolute Gasteiger partial charge is 0.319 e. The number of anilines is 4. The summed E-state index contributed by atoms with van der Waals surface area (Å²) in [5.74, 6) is 0.780. The number of carbonyl (C=O) groups excluding carboxylic acids is 1. The topological polar surface area (TPSA) is 83.2 Å². The van der Waals surface area contributed by atoms with Crippen molar-refractivity contribution in [3.05, 3.63) is 121 Å². The van der Waals surface area contributed by atoms with Crippen molar-refractivity contribution in [2.75, 3.05) is 15.6 Å². The van der Waals surface area contributed by atoms with Gasteiger partial charge in [0.2, 0.25) is 0 Å². The fourth-order valence-corrected chi connectivity index (χ4v) is 7.72. The third-order valence-electron chi connectivity index (χ3n) is 8.66. The van der Waals surface area contributed by atoms with Gasteiger partial charge < -0.3 is 9.88 Å². The van der Waals surface area contributed by atoms with E-state index in [0.717, 1.165) is 62.2 Å². The molecule has 2 aromatic heterocycles. The molecular formula is C36H32N8OS2. The van der Waals surface area contributed by atoms with Gasteiger partial charge >= 0.3 is 0 Å². The molecule has 2 aliphatic rings. The molecule has 6 aromatic rings. The van der Waals surface area contributed by atoms with Crippen LogP contribution in [0.15, 0.2) is 119 Å². The van der Waals surface area contributed by atoms with Crippen LogP contribution in [-0.2, 0) is 24.3 Å². The maximum absolute atomic E-state index is 14.6. The molecule has 9 nitrogen and oxygen atoms in total. The smallest absolute Gasteiger partial charge is 0.256 e. The highest BCUT2D eigenvalue weighted by molar-refractivity contribution is 7.99. The number of nitrogens with zero attached hydrogens (tertiary/aromatic N) is 6. The molecule has 2 N–H and O–H groups in total. The highest BCUT2D eigenvalue weighted by Crippen LogP contribution is 2.48. The number of nitrogens with one attached hydrogen (secondary N) is 2. The van der Waals surface area contributed by atoms with E-state index in [1.54, 1.807) is 11.8 Å². The maximum atomic E-state index is 14.6. The zero-order valence-corrected chi connectivity index (χ0v) is 27.3. The van der Waals surface area contributed by atoms with E-state index in [9.17, 15) is 4.79 Å². The number of rotatable bonds is 8. The predicted octanol–water partition coefficient (Wildman–Crippen LogP) is 7.47. The van der Waals surface area contributed by atoms with Crippen LogP contribution in [0.3, 0.4) is 0 Å². The molecule has 0 saturated heterocycles. The van der Waals surface area contributed by atoms with Gasteiger partial charge in [0.25, 0.3) is 5.91 Å². The molecule has 0 spiro atoms. The molecule has 0 fully saturated rings. The van der Waals surface area contributed by atoms with Crippen molar-refractivity contribution in [3.63, 3.8) is 0 Å². The monoisotopic (exact) mass is 656 g/mol. The lowest BCUT2D eigenvalue weighted by Crippen LogP contribution is -2.55. The summed E-state index contributed by atoms with van der Waals surface area (Å²) >= 11 is 7.65. The highest BCUT2D eigenvalue weighted by atomic mass is 32.2. The van der Waals surface area contributed by atoms with Crippen LogP contribution in [0.2, 0.25) is 0 Å². The molecule has 2 aliphatic heterocycles. The van der Waals surface area contributed by atoms with Crippen LogP contribution >= 0.6 is 24.0 Å². The Labute approximate surface area is 282 Å². The molecule has 0 bridgehead atoms. The lowest BCUT2D eigenvalue weighted by atomic mass is 10.1. The Balaban J connectivity index is 1.09. The van der Waals surface area contributed by atoms with E-state index < -0.39 is 6.04 Å². The van der Waals surface area contributed by atoms with Gasteiger partial charge in [-0.25, -0.2) is 5.01 Å². The van der Waals surface area contributed by atoms with Gasteiger partial charge in [-0.2, -0.15) is 0 Å². The number of hydrazine groups is 1. The number of para-hydroxylation sites is 3. The van der Waals surface area contributed by atoms with Crippen molar-refractivity contribution in [1.29, 1.82) is 0 Å². The summed E-state index contributed by atoms with van der Waals surface area (Å²) in [5.41, 5.74) is 9.33. The van der Waals surface area contributed by atoms with Crippen LogP contribution in [0.1, 0.15) is 24.6 Å². The molecule has 11 heteroatoms. The van der Waals surface area contributed by atoms with Crippen molar-refractivity contribution in [2.24, 2.45) is 0 Å². The molecule has 4 aromatic carbocycles. The lowest BCUT2D eigenvalue weighted by Gasteiger charge is -2.40. The fraction of sp³-hybridized carbons (Fsp3) is 0.167. The molecule has 8 rings (SSSR count). The number of fused-ring (bicyclic) bond motifs is 5. The quantitative estimate of drug-likeness (QED) is 0.163. The van der Waals surface area contributed by atoms with Gasteiger partial charge in [0, 0.05) is 21.7 Å². The molecule has 47 heavy (non-hydrogen) atoms. The van der Waals surface area contributed by atoms with E-state index in [-0.39, 0.29) is 5.91 Å². The second-order valence-electron chi connectivity index (χ2n) is 11.6. The molecule has 0 aliphatic carbocycles. The number of carbonyl (C=O) groups is 1. The molecule has 1 unspecified atom stereocenters. The normalized spacial score (nSPS) is 14.2. The average molecular weight is 657 g/mol.